The summed E-state index contributed by atoms with van der Waals surface area (Å²) in [5, 5.41) is 11.8. The Hall–Kier alpha value is -3.49. The van der Waals surface area contributed by atoms with Gasteiger partial charge in [0.05, 0.1) is 12.5 Å². The highest BCUT2D eigenvalue weighted by Crippen LogP contribution is 2.44. The highest BCUT2D eigenvalue weighted by atomic mass is 19.3. The monoisotopic (exact) mass is 472 g/mol. The average molecular weight is 472 g/mol. The molecule has 0 bridgehead atoms. The fraction of sp³-hybridized carbons (Fsp3) is 0.400. The van der Waals surface area contributed by atoms with Crippen LogP contribution in [0.3, 0.4) is 0 Å². The van der Waals surface area contributed by atoms with E-state index in [1.807, 2.05) is 48.5 Å². The standard InChI is InChI=1S/C25H26F2N2O5/c1-14(22(30)29-13-25(26,27)11-21(29)23(31)32)15(2)28-24(33)34-12-20-18-9-5-3-7-16(18)17-8-4-6-10-19(17)20/h3-10,14-15,20-21H,11-13H2,1-2H3,(H,28,33)(H,31,32)/t14?,15?,21-/m0/s1. The molecule has 2 amide bonds. The van der Waals surface area contributed by atoms with E-state index in [2.05, 4.69) is 5.32 Å². The molecule has 180 valence electrons. The molecular formula is C25H26F2N2O5. The van der Waals surface area contributed by atoms with Crippen molar-refractivity contribution < 1.29 is 33.0 Å². The molecule has 2 N–H and O–H groups in total. The maximum atomic E-state index is 13.8. The number of nitrogens with zero attached hydrogens (tertiary/aromatic N) is 1. The Morgan fingerprint density at radius 1 is 1.09 bits per heavy atom. The summed E-state index contributed by atoms with van der Waals surface area (Å²) in [6.45, 7) is 2.15. The molecule has 7 nitrogen and oxygen atoms in total. The number of nitrogens with one attached hydrogen (secondary N) is 1. The number of rotatable bonds is 6. The molecule has 2 unspecified atom stereocenters. The summed E-state index contributed by atoms with van der Waals surface area (Å²) in [5.41, 5.74) is 4.30. The fourth-order valence-corrected chi connectivity index (χ4v) is 4.70. The Morgan fingerprint density at radius 2 is 1.65 bits per heavy atom. The molecule has 2 aromatic rings. The smallest absolute Gasteiger partial charge is 0.407 e. The minimum absolute atomic E-state index is 0.0916. The first-order valence-electron chi connectivity index (χ1n) is 11.1. The second kappa shape index (κ2) is 9.04. The molecule has 1 aliphatic carbocycles. The van der Waals surface area contributed by atoms with Gasteiger partial charge >= 0.3 is 12.1 Å². The van der Waals surface area contributed by atoms with Gasteiger partial charge in [0.1, 0.15) is 12.6 Å². The van der Waals surface area contributed by atoms with Crippen LogP contribution in [0.5, 0.6) is 0 Å². The Kier molecular flexibility index (Phi) is 6.29. The Bertz CT molecular complexity index is 1080. The number of alkyl halides is 2. The molecule has 0 saturated carbocycles. The number of alkyl carbamates (subject to hydrolysis) is 1. The quantitative estimate of drug-likeness (QED) is 0.666. The Morgan fingerprint density at radius 3 is 2.21 bits per heavy atom. The predicted molar refractivity (Wildman–Crippen MR) is 120 cm³/mol. The van der Waals surface area contributed by atoms with Crippen LogP contribution in [0.4, 0.5) is 13.6 Å². The molecule has 1 saturated heterocycles. The molecule has 2 aliphatic rings. The summed E-state index contributed by atoms with van der Waals surface area (Å²) in [6.07, 6.45) is -1.66. The van der Waals surface area contributed by atoms with Crippen LogP contribution >= 0.6 is 0 Å². The van der Waals surface area contributed by atoms with Gasteiger partial charge in [-0.05, 0) is 29.2 Å². The third kappa shape index (κ3) is 4.47. The first-order chi connectivity index (χ1) is 16.1. The molecule has 0 spiro atoms. The molecule has 0 aromatic heterocycles. The number of carboxylic acid groups (broad SMARTS) is 1. The number of hydrogen-bond donors (Lipinski definition) is 2. The van der Waals surface area contributed by atoms with Crippen LogP contribution in [0, 0.1) is 5.92 Å². The second-order valence-electron chi connectivity index (χ2n) is 8.93. The minimum atomic E-state index is -3.26. The van der Waals surface area contributed by atoms with Crippen molar-refractivity contribution in [3.63, 3.8) is 0 Å². The van der Waals surface area contributed by atoms with E-state index in [1.165, 1.54) is 6.92 Å². The minimum Gasteiger partial charge on any atom is -0.480 e. The molecule has 34 heavy (non-hydrogen) atoms. The van der Waals surface area contributed by atoms with E-state index in [4.69, 9.17) is 4.74 Å². The maximum Gasteiger partial charge on any atom is 0.407 e. The van der Waals surface area contributed by atoms with Crippen molar-refractivity contribution in [2.75, 3.05) is 13.2 Å². The Balaban J connectivity index is 1.37. The van der Waals surface area contributed by atoms with E-state index in [9.17, 15) is 28.3 Å². The summed E-state index contributed by atoms with van der Waals surface area (Å²) in [6, 6.07) is 13.5. The van der Waals surface area contributed by atoms with Gasteiger partial charge in [0.2, 0.25) is 5.91 Å². The number of fused-ring (bicyclic) bond motifs is 3. The number of halogens is 2. The third-order valence-electron chi connectivity index (χ3n) is 6.67. The third-order valence-corrected chi connectivity index (χ3v) is 6.67. The van der Waals surface area contributed by atoms with Gasteiger partial charge in [0, 0.05) is 18.4 Å². The predicted octanol–water partition coefficient (Wildman–Crippen LogP) is 3.87. The number of carboxylic acids is 1. The van der Waals surface area contributed by atoms with E-state index in [1.54, 1.807) is 6.92 Å². The zero-order chi connectivity index (χ0) is 24.6. The molecule has 2 aromatic carbocycles. The van der Waals surface area contributed by atoms with Gasteiger partial charge in [0.15, 0.2) is 0 Å². The molecule has 9 heteroatoms. The summed E-state index contributed by atoms with van der Waals surface area (Å²) in [4.78, 5) is 37.3. The van der Waals surface area contributed by atoms with Gasteiger partial charge in [-0.25, -0.2) is 18.4 Å². The summed E-state index contributed by atoms with van der Waals surface area (Å²) in [7, 11) is 0. The number of carbonyl (C=O) groups is 3. The summed E-state index contributed by atoms with van der Waals surface area (Å²) in [5.74, 6) is -6.54. The molecule has 4 rings (SSSR count). The average Bonchev–Trinajstić information content (AvgIpc) is 3.31. The first-order valence-corrected chi connectivity index (χ1v) is 11.1. The number of ether oxygens (including phenoxy) is 1. The Labute approximate surface area is 195 Å². The van der Waals surface area contributed by atoms with Crippen LogP contribution in [-0.2, 0) is 14.3 Å². The van der Waals surface area contributed by atoms with Crippen LogP contribution < -0.4 is 5.32 Å². The lowest BCUT2D eigenvalue weighted by Crippen LogP contribution is -2.49. The molecule has 1 heterocycles. The first kappa shape index (κ1) is 23.7. The van der Waals surface area contributed by atoms with Crippen molar-refractivity contribution in [3.05, 3.63) is 59.7 Å². The lowest BCUT2D eigenvalue weighted by atomic mass is 9.98. The zero-order valence-electron chi connectivity index (χ0n) is 18.8. The molecule has 0 radical (unpaired) electrons. The normalized spacial score (nSPS) is 20.2. The van der Waals surface area contributed by atoms with Gasteiger partial charge < -0.3 is 20.1 Å². The fourth-order valence-electron chi connectivity index (χ4n) is 4.70. The van der Waals surface area contributed by atoms with Crippen molar-refractivity contribution >= 4 is 18.0 Å². The van der Waals surface area contributed by atoms with Gasteiger partial charge in [-0.2, -0.15) is 0 Å². The SMILES string of the molecule is CC(NC(=O)OCC1c2ccccc2-c2ccccc21)C(C)C(=O)N1CC(F)(F)C[C@H]1C(=O)O. The molecule has 3 atom stereocenters. The van der Waals surface area contributed by atoms with E-state index >= 15 is 0 Å². The zero-order valence-corrected chi connectivity index (χ0v) is 18.8. The van der Waals surface area contributed by atoms with Gasteiger partial charge in [-0.3, -0.25) is 4.79 Å². The number of likely N-dealkylation sites (tertiary alicyclic amines) is 1. The number of benzene rings is 2. The molecule has 1 fully saturated rings. The van der Waals surface area contributed by atoms with E-state index in [-0.39, 0.29) is 12.5 Å². The van der Waals surface area contributed by atoms with Crippen molar-refractivity contribution in [2.45, 2.75) is 44.2 Å². The van der Waals surface area contributed by atoms with E-state index < -0.39 is 54.9 Å². The van der Waals surface area contributed by atoms with E-state index in [0.717, 1.165) is 22.3 Å². The highest BCUT2D eigenvalue weighted by Gasteiger charge is 2.51. The largest absolute Gasteiger partial charge is 0.480 e. The summed E-state index contributed by atoms with van der Waals surface area (Å²) < 4.78 is 33.0. The topological polar surface area (TPSA) is 95.9 Å². The summed E-state index contributed by atoms with van der Waals surface area (Å²) >= 11 is 0. The molecular weight excluding hydrogens is 446 g/mol. The van der Waals surface area contributed by atoms with Crippen LogP contribution in [0.15, 0.2) is 48.5 Å². The van der Waals surface area contributed by atoms with Crippen LogP contribution in [0.25, 0.3) is 11.1 Å². The van der Waals surface area contributed by atoms with Crippen molar-refractivity contribution in [2.24, 2.45) is 5.92 Å². The van der Waals surface area contributed by atoms with Crippen molar-refractivity contribution in [1.29, 1.82) is 0 Å². The van der Waals surface area contributed by atoms with Gasteiger partial charge in [-0.1, -0.05) is 55.5 Å². The maximum absolute atomic E-state index is 13.8. The number of carbonyl (C=O) groups excluding carboxylic acids is 2. The highest BCUT2D eigenvalue weighted by molar-refractivity contribution is 5.86. The number of hydrogen-bond acceptors (Lipinski definition) is 4. The van der Waals surface area contributed by atoms with Crippen molar-refractivity contribution in [3.8, 4) is 11.1 Å². The van der Waals surface area contributed by atoms with E-state index in [0.29, 0.717) is 4.90 Å². The molecule has 1 aliphatic heterocycles. The lowest BCUT2D eigenvalue weighted by molar-refractivity contribution is -0.150. The van der Waals surface area contributed by atoms with Crippen LogP contribution in [-0.4, -0.2) is 59.1 Å². The van der Waals surface area contributed by atoms with Gasteiger partial charge in [-0.15, -0.1) is 0 Å². The number of amides is 2. The van der Waals surface area contributed by atoms with Crippen molar-refractivity contribution in [1.82, 2.24) is 10.2 Å². The van der Waals surface area contributed by atoms with Crippen LogP contribution in [0.1, 0.15) is 37.3 Å². The lowest BCUT2D eigenvalue weighted by Gasteiger charge is -2.28. The number of aliphatic carboxylic acids is 1. The van der Waals surface area contributed by atoms with Crippen LogP contribution in [0.2, 0.25) is 0 Å². The van der Waals surface area contributed by atoms with Gasteiger partial charge in [0.25, 0.3) is 5.92 Å². The second-order valence-corrected chi connectivity index (χ2v) is 8.93.